The van der Waals surface area contributed by atoms with Crippen molar-refractivity contribution >= 4 is 34.5 Å². The second-order valence-corrected chi connectivity index (χ2v) is 7.14. The molecular formula is C21H22N2O5S. The Morgan fingerprint density at radius 1 is 1.10 bits per heavy atom. The standard InChI is InChI=1S/C21H22N2O5S/c1-3-27-16-8-9-18(28-4-2)17(11-16)22-20(25)15-7-5-6-14(10-15)12-23-19(24)13-29-21(23)26/h5-11H,3-4,12-13H2,1-2H3,(H,22,25). The molecule has 152 valence electrons. The molecule has 1 fully saturated rings. The van der Waals surface area contributed by atoms with Gasteiger partial charge in [-0.15, -0.1) is 0 Å². The van der Waals surface area contributed by atoms with Crippen LogP contribution in [0.4, 0.5) is 10.5 Å². The number of imide groups is 1. The van der Waals surface area contributed by atoms with Crippen LogP contribution in [0, 0.1) is 0 Å². The Morgan fingerprint density at radius 3 is 2.59 bits per heavy atom. The largest absolute Gasteiger partial charge is 0.494 e. The number of ether oxygens (including phenoxy) is 2. The second kappa shape index (κ2) is 9.47. The van der Waals surface area contributed by atoms with Crippen LogP contribution in [0.15, 0.2) is 42.5 Å². The van der Waals surface area contributed by atoms with E-state index in [1.165, 1.54) is 4.90 Å². The van der Waals surface area contributed by atoms with Crippen molar-refractivity contribution in [1.29, 1.82) is 0 Å². The van der Waals surface area contributed by atoms with Gasteiger partial charge < -0.3 is 14.8 Å². The van der Waals surface area contributed by atoms with Gasteiger partial charge >= 0.3 is 0 Å². The van der Waals surface area contributed by atoms with Gasteiger partial charge in [-0.2, -0.15) is 0 Å². The van der Waals surface area contributed by atoms with Crippen LogP contribution in [-0.4, -0.2) is 40.9 Å². The third-order valence-electron chi connectivity index (χ3n) is 4.18. The molecule has 29 heavy (non-hydrogen) atoms. The molecule has 0 atom stereocenters. The molecule has 0 saturated carbocycles. The van der Waals surface area contributed by atoms with Gasteiger partial charge in [-0.25, -0.2) is 0 Å². The van der Waals surface area contributed by atoms with Crippen molar-refractivity contribution in [2.75, 3.05) is 24.3 Å². The van der Waals surface area contributed by atoms with Gasteiger partial charge in [-0.1, -0.05) is 23.9 Å². The van der Waals surface area contributed by atoms with Crippen LogP contribution in [0.5, 0.6) is 11.5 Å². The molecule has 1 aliphatic heterocycles. The topological polar surface area (TPSA) is 84.9 Å². The summed E-state index contributed by atoms with van der Waals surface area (Å²) in [6, 6.07) is 12.1. The summed E-state index contributed by atoms with van der Waals surface area (Å²) in [7, 11) is 0. The number of thioether (sulfide) groups is 1. The van der Waals surface area contributed by atoms with E-state index in [9.17, 15) is 14.4 Å². The molecular weight excluding hydrogens is 392 g/mol. The zero-order valence-electron chi connectivity index (χ0n) is 16.3. The molecule has 0 bridgehead atoms. The Kier molecular flexibility index (Phi) is 6.77. The number of nitrogens with zero attached hydrogens (tertiary/aromatic N) is 1. The number of rotatable bonds is 8. The second-order valence-electron chi connectivity index (χ2n) is 6.21. The fourth-order valence-electron chi connectivity index (χ4n) is 2.87. The highest BCUT2D eigenvalue weighted by molar-refractivity contribution is 8.14. The van der Waals surface area contributed by atoms with Crippen LogP contribution >= 0.6 is 11.8 Å². The monoisotopic (exact) mass is 414 g/mol. The number of anilines is 1. The van der Waals surface area contributed by atoms with E-state index in [4.69, 9.17) is 9.47 Å². The molecule has 0 radical (unpaired) electrons. The summed E-state index contributed by atoms with van der Waals surface area (Å²) in [4.78, 5) is 37.6. The van der Waals surface area contributed by atoms with Gasteiger partial charge in [0.2, 0.25) is 5.91 Å². The van der Waals surface area contributed by atoms with Crippen molar-refractivity contribution < 1.29 is 23.9 Å². The normalized spacial score (nSPS) is 13.5. The lowest BCUT2D eigenvalue weighted by molar-refractivity contribution is -0.125. The van der Waals surface area contributed by atoms with Crippen molar-refractivity contribution in [2.24, 2.45) is 0 Å². The summed E-state index contributed by atoms with van der Waals surface area (Å²) < 4.78 is 11.1. The lowest BCUT2D eigenvalue weighted by Gasteiger charge is -2.15. The van der Waals surface area contributed by atoms with E-state index in [0.717, 1.165) is 11.8 Å². The fraction of sp³-hybridized carbons (Fsp3) is 0.286. The average molecular weight is 414 g/mol. The molecule has 1 heterocycles. The summed E-state index contributed by atoms with van der Waals surface area (Å²) in [6.07, 6.45) is 0. The maximum atomic E-state index is 12.8. The number of carbonyl (C=O) groups is 3. The highest BCUT2D eigenvalue weighted by Crippen LogP contribution is 2.30. The molecule has 1 saturated heterocycles. The zero-order chi connectivity index (χ0) is 20.8. The molecule has 0 spiro atoms. The van der Waals surface area contributed by atoms with E-state index in [0.29, 0.717) is 41.5 Å². The van der Waals surface area contributed by atoms with E-state index < -0.39 is 0 Å². The quantitative estimate of drug-likeness (QED) is 0.704. The third kappa shape index (κ3) is 5.08. The van der Waals surface area contributed by atoms with Gasteiger partial charge in [-0.3, -0.25) is 19.3 Å². The van der Waals surface area contributed by atoms with Crippen LogP contribution in [0.3, 0.4) is 0 Å². The van der Waals surface area contributed by atoms with Gasteiger partial charge in [-0.05, 0) is 43.7 Å². The first kappa shape index (κ1) is 20.7. The number of hydrogen-bond acceptors (Lipinski definition) is 6. The molecule has 8 heteroatoms. The lowest BCUT2D eigenvalue weighted by atomic mass is 10.1. The molecule has 7 nitrogen and oxygen atoms in total. The molecule has 3 rings (SSSR count). The molecule has 0 unspecified atom stereocenters. The van der Waals surface area contributed by atoms with Crippen molar-refractivity contribution in [3.05, 3.63) is 53.6 Å². The molecule has 1 N–H and O–H groups in total. The highest BCUT2D eigenvalue weighted by atomic mass is 32.2. The fourth-order valence-corrected chi connectivity index (χ4v) is 3.59. The first-order chi connectivity index (χ1) is 14.0. The van der Waals surface area contributed by atoms with Crippen LogP contribution in [0.25, 0.3) is 0 Å². The Bertz CT molecular complexity index is 915. The number of hydrogen-bond donors (Lipinski definition) is 1. The van der Waals surface area contributed by atoms with Crippen LogP contribution in [0.2, 0.25) is 0 Å². The number of nitrogens with one attached hydrogen (secondary N) is 1. The van der Waals surface area contributed by atoms with E-state index in [2.05, 4.69) is 5.32 Å². The summed E-state index contributed by atoms with van der Waals surface area (Å²) >= 11 is 0.989. The van der Waals surface area contributed by atoms with Crippen LogP contribution < -0.4 is 14.8 Å². The predicted octanol–water partition coefficient (Wildman–Crippen LogP) is 3.93. The minimum absolute atomic E-state index is 0.149. The van der Waals surface area contributed by atoms with E-state index in [1.807, 2.05) is 13.8 Å². The summed E-state index contributed by atoms with van der Waals surface area (Å²) in [6.45, 7) is 4.87. The number of amides is 3. The minimum atomic E-state index is -0.324. The van der Waals surface area contributed by atoms with E-state index in [-0.39, 0.29) is 29.4 Å². The van der Waals surface area contributed by atoms with E-state index >= 15 is 0 Å². The van der Waals surface area contributed by atoms with E-state index in [1.54, 1.807) is 42.5 Å². The van der Waals surface area contributed by atoms with Crippen molar-refractivity contribution in [3.63, 3.8) is 0 Å². The Balaban J connectivity index is 1.78. The SMILES string of the molecule is CCOc1ccc(OCC)c(NC(=O)c2cccc(CN3C(=O)CSC3=O)c2)c1. The van der Waals surface area contributed by atoms with Crippen molar-refractivity contribution in [2.45, 2.75) is 20.4 Å². The molecule has 1 aliphatic rings. The highest BCUT2D eigenvalue weighted by Gasteiger charge is 2.29. The predicted molar refractivity (Wildman–Crippen MR) is 112 cm³/mol. The number of benzene rings is 2. The maximum absolute atomic E-state index is 12.8. The molecule has 2 aromatic rings. The summed E-state index contributed by atoms with van der Waals surface area (Å²) in [5, 5.41) is 2.59. The maximum Gasteiger partial charge on any atom is 0.289 e. The smallest absolute Gasteiger partial charge is 0.289 e. The molecule has 0 aromatic heterocycles. The van der Waals surface area contributed by atoms with Crippen LogP contribution in [-0.2, 0) is 11.3 Å². The Morgan fingerprint density at radius 2 is 1.90 bits per heavy atom. The summed E-state index contributed by atoms with van der Waals surface area (Å²) in [5.41, 5.74) is 1.63. The summed E-state index contributed by atoms with van der Waals surface area (Å²) in [5.74, 6) is 0.795. The first-order valence-electron chi connectivity index (χ1n) is 9.28. The van der Waals surface area contributed by atoms with Gasteiger partial charge in [0.25, 0.3) is 11.1 Å². The third-order valence-corrected chi connectivity index (χ3v) is 5.04. The Labute approximate surface area is 173 Å². The molecule has 2 aromatic carbocycles. The van der Waals surface area contributed by atoms with Gasteiger partial charge in [0.1, 0.15) is 11.5 Å². The van der Waals surface area contributed by atoms with Crippen molar-refractivity contribution in [3.8, 4) is 11.5 Å². The molecule has 3 amide bonds. The van der Waals surface area contributed by atoms with Gasteiger partial charge in [0.15, 0.2) is 0 Å². The Hall–Kier alpha value is -3.00. The molecule has 0 aliphatic carbocycles. The zero-order valence-corrected chi connectivity index (χ0v) is 17.1. The van der Waals surface area contributed by atoms with Gasteiger partial charge in [0, 0.05) is 11.6 Å². The number of carbonyl (C=O) groups excluding carboxylic acids is 3. The first-order valence-corrected chi connectivity index (χ1v) is 10.3. The minimum Gasteiger partial charge on any atom is -0.494 e. The average Bonchev–Trinajstić information content (AvgIpc) is 3.02. The lowest BCUT2D eigenvalue weighted by Crippen LogP contribution is -2.28. The van der Waals surface area contributed by atoms with Gasteiger partial charge in [0.05, 0.1) is 31.2 Å². The van der Waals surface area contributed by atoms with Crippen LogP contribution in [0.1, 0.15) is 29.8 Å². The van der Waals surface area contributed by atoms with Crippen molar-refractivity contribution in [1.82, 2.24) is 4.90 Å².